The molecule has 15 nitrogen and oxygen atoms in total. The third kappa shape index (κ3) is 10.5. The van der Waals surface area contributed by atoms with Crippen molar-refractivity contribution in [1.29, 1.82) is 0 Å². The summed E-state index contributed by atoms with van der Waals surface area (Å²) < 4.78 is 107. The van der Waals surface area contributed by atoms with Gasteiger partial charge in [0.05, 0.1) is 30.2 Å². The third-order valence-corrected chi connectivity index (χ3v) is 15.6. The van der Waals surface area contributed by atoms with Gasteiger partial charge in [-0.15, -0.1) is 0 Å². The van der Waals surface area contributed by atoms with Crippen LogP contribution >= 0.6 is 0 Å². The molecule has 3 aromatic rings. The van der Waals surface area contributed by atoms with Crippen molar-refractivity contribution in [3.63, 3.8) is 0 Å². The van der Waals surface area contributed by atoms with Crippen molar-refractivity contribution in [2.75, 3.05) is 13.7 Å². The second-order valence-electron chi connectivity index (χ2n) is 19.7. The van der Waals surface area contributed by atoms with Gasteiger partial charge >= 0.3 is 12.3 Å². The summed E-state index contributed by atoms with van der Waals surface area (Å²) in [7, 11) is -2.64. The van der Waals surface area contributed by atoms with Crippen LogP contribution in [-0.2, 0) is 29.1 Å². The van der Waals surface area contributed by atoms with Crippen LogP contribution in [0.5, 0.6) is 17.4 Å². The fourth-order valence-corrected chi connectivity index (χ4v) is 10.1. The van der Waals surface area contributed by atoms with Crippen LogP contribution in [0.25, 0.3) is 22.0 Å². The summed E-state index contributed by atoms with van der Waals surface area (Å²) in [5, 5.41) is 6.25. The van der Waals surface area contributed by atoms with E-state index in [1.807, 2.05) is 13.0 Å². The molecule has 4 amide bonds. The summed E-state index contributed by atoms with van der Waals surface area (Å²) in [6.45, 7) is 9.68. The highest BCUT2D eigenvalue weighted by Gasteiger charge is 2.63. The summed E-state index contributed by atoms with van der Waals surface area (Å²) in [6, 6.07) is 8.27. The number of amides is 4. The number of hydrogen-bond acceptors (Lipinski definition) is 11. The zero-order chi connectivity index (χ0) is 49.7. The number of alkyl carbamates (subject to hydrolysis) is 1. The van der Waals surface area contributed by atoms with Crippen molar-refractivity contribution in [3.05, 3.63) is 60.4 Å². The quantitative estimate of drug-likeness (QED) is 0.127. The van der Waals surface area contributed by atoms with Gasteiger partial charge in [-0.05, 0) is 133 Å². The lowest BCUT2D eigenvalue weighted by Crippen LogP contribution is -2.59. The molecular weight excluding hydrogens is 915 g/mol. The Balaban J connectivity index is 1.27. The number of carbonyl (C=O) groups excluding carboxylic acids is 4. The smallest absolute Gasteiger partial charge is 0.427 e. The zero-order valence-corrected chi connectivity index (χ0v) is 40.1. The van der Waals surface area contributed by atoms with E-state index in [2.05, 4.69) is 15.4 Å². The van der Waals surface area contributed by atoms with Gasteiger partial charge in [0.15, 0.2) is 11.6 Å². The van der Waals surface area contributed by atoms with Gasteiger partial charge in [-0.25, -0.2) is 22.6 Å². The van der Waals surface area contributed by atoms with Crippen molar-refractivity contribution in [3.8, 4) is 28.6 Å². The van der Waals surface area contributed by atoms with Gasteiger partial charge in [0.1, 0.15) is 29.5 Å². The monoisotopic (exact) mass is 973 g/mol. The Kier molecular flexibility index (Phi) is 13.8. The molecule has 3 heterocycles. The van der Waals surface area contributed by atoms with Crippen LogP contribution in [0.15, 0.2) is 54.6 Å². The van der Waals surface area contributed by atoms with E-state index < -0.39 is 91.7 Å². The molecule has 4 aliphatic rings. The number of allylic oxidation sites excluding steroid dienone is 1. The first-order valence-corrected chi connectivity index (χ1v) is 24.3. The van der Waals surface area contributed by atoms with Crippen LogP contribution in [0, 0.1) is 23.6 Å². The van der Waals surface area contributed by atoms with E-state index in [-0.39, 0.29) is 43.0 Å². The molecule has 20 heteroatoms. The van der Waals surface area contributed by atoms with E-state index in [0.29, 0.717) is 73.7 Å². The molecule has 2 aliphatic carbocycles. The molecule has 2 aromatic carbocycles. The minimum Gasteiger partial charge on any atom is -0.497 e. The minimum absolute atomic E-state index is 0.0420. The molecular formula is C48H59F4N5O10S. The number of fused-ring (bicyclic) bond motifs is 3. The standard InChI is InChI=1S/C48H59F4N5O10S/c1-26(2)65-38-16-13-29(21-35(38)49)36-22-30-20-32(64-8)14-15-34(30)41(53-36)66-33-23-37-40(58)55-47(43(60)56-68(62,63)46(7)17-18-46)24-31(47)12-10-9-11-27(3)19-28(4)39(42(59)57(37)25-33)54-44(61)67-45(5,6)48(50,51)52/h10,12-16,20-22,26-28,31,33,37,39H,9,11,17-19,23-25H2,1-8H3,(H,54,61)(H,55,58)(H,56,60)/b12-10-/t27-,28-,31?,33-,37+,39+,47-/m1/s1. The molecule has 1 aromatic heterocycles. The van der Waals surface area contributed by atoms with Gasteiger partial charge in [-0.2, -0.15) is 13.2 Å². The number of ether oxygens (including phenoxy) is 4. The van der Waals surface area contributed by atoms with Crippen LogP contribution in [0.1, 0.15) is 93.4 Å². The Hall–Kier alpha value is -5.66. The van der Waals surface area contributed by atoms with Crippen molar-refractivity contribution >= 4 is 44.6 Å². The molecule has 7 rings (SSSR count). The molecule has 3 N–H and O–H groups in total. The van der Waals surface area contributed by atoms with Gasteiger partial charge in [-0.1, -0.05) is 26.0 Å². The number of pyridine rings is 1. The number of benzene rings is 2. The summed E-state index contributed by atoms with van der Waals surface area (Å²) in [4.78, 5) is 63.2. The van der Waals surface area contributed by atoms with Gasteiger partial charge in [0.25, 0.3) is 5.91 Å². The van der Waals surface area contributed by atoms with Crippen molar-refractivity contribution in [2.24, 2.45) is 17.8 Å². The Morgan fingerprint density at radius 3 is 2.40 bits per heavy atom. The number of sulfonamides is 1. The zero-order valence-electron chi connectivity index (χ0n) is 39.3. The van der Waals surface area contributed by atoms with E-state index in [1.54, 1.807) is 57.2 Å². The lowest BCUT2D eigenvalue weighted by molar-refractivity contribution is -0.244. The predicted molar refractivity (Wildman–Crippen MR) is 243 cm³/mol. The molecule has 3 fully saturated rings. The molecule has 2 aliphatic heterocycles. The maximum absolute atomic E-state index is 15.4. The maximum Gasteiger partial charge on any atom is 0.427 e. The maximum atomic E-state index is 15.4. The van der Waals surface area contributed by atoms with Gasteiger partial charge in [0.2, 0.25) is 33.3 Å². The van der Waals surface area contributed by atoms with Crippen LogP contribution in [0.3, 0.4) is 0 Å². The third-order valence-electron chi connectivity index (χ3n) is 13.4. The SMILES string of the molecule is COc1ccc2c(O[C@@H]3C[C@H]4C(=O)N[C@]5(C(=O)NS(=O)(=O)C6(C)CC6)CC5/C=C\CC[C@@H](C)C[C@@H](C)[C@H](NC(=O)OC(C)(C)C(F)(F)F)C(=O)N4C3)nc(-c3ccc(OC(C)C)c(F)c3)cc2c1. The van der Waals surface area contributed by atoms with E-state index >= 15 is 9.18 Å². The van der Waals surface area contributed by atoms with Crippen LogP contribution in [-0.4, -0.2) is 102 Å². The van der Waals surface area contributed by atoms with Crippen LogP contribution in [0.2, 0.25) is 0 Å². The molecule has 370 valence electrons. The molecule has 1 unspecified atom stereocenters. The molecule has 2 saturated carbocycles. The summed E-state index contributed by atoms with van der Waals surface area (Å²) in [5.74, 6) is -4.04. The summed E-state index contributed by atoms with van der Waals surface area (Å²) in [6.07, 6.45) is -2.20. The number of hydrogen-bond donors (Lipinski definition) is 3. The molecule has 0 radical (unpaired) electrons. The van der Waals surface area contributed by atoms with Gasteiger partial charge in [-0.3, -0.25) is 19.1 Å². The molecule has 68 heavy (non-hydrogen) atoms. The Morgan fingerprint density at radius 1 is 1.03 bits per heavy atom. The summed E-state index contributed by atoms with van der Waals surface area (Å²) in [5.41, 5.74) is -3.98. The van der Waals surface area contributed by atoms with Crippen LogP contribution in [0.4, 0.5) is 22.4 Å². The first kappa shape index (κ1) is 50.2. The van der Waals surface area contributed by atoms with E-state index in [9.17, 15) is 36.0 Å². The lowest BCUT2D eigenvalue weighted by atomic mass is 9.88. The Morgan fingerprint density at radius 2 is 1.75 bits per heavy atom. The number of rotatable bonds is 11. The first-order chi connectivity index (χ1) is 31.8. The largest absolute Gasteiger partial charge is 0.497 e. The average Bonchev–Trinajstić information content (AvgIpc) is 4.13. The number of methoxy groups -OCH3 is 1. The number of halogens is 4. The average molecular weight is 974 g/mol. The van der Waals surface area contributed by atoms with Crippen molar-refractivity contribution in [1.82, 2.24) is 25.2 Å². The second-order valence-corrected chi connectivity index (χ2v) is 21.9. The number of carbonyl (C=O) groups is 4. The normalized spacial score (nSPS) is 26.9. The lowest BCUT2D eigenvalue weighted by Gasteiger charge is -2.34. The van der Waals surface area contributed by atoms with E-state index in [4.69, 9.17) is 23.9 Å². The highest BCUT2D eigenvalue weighted by atomic mass is 32.2. The Bertz CT molecular complexity index is 2600. The van der Waals surface area contributed by atoms with Crippen molar-refractivity contribution < 1.29 is 64.1 Å². The molecule has 0 spiro atoms. The Labute approximate surface area is 393 Å². The number of nitrogens with zero attached hydrogens (tertiary/aromatic N) is 2. The highest BCUT2D eigenvalue weighted by Crippen LogP contribution is 2.48. The predicted octanol–water partition coefficient (Wildman–Crippen LogP) is 7.51. The number of alkyl halides is 3. The van der Waals surface area contributed by atoms with Gasteiger partial charge < -0.3 is 34.5 Å². The number of nitrogens with one attached hydrogen (secondary N) is 3. The van der Waals surface area contributed by atoms with E-state index in [1.165, 1.54) is 26.2 Å². The fraction of sp³-hybridized carbons (Fsp3) is 0.562. The molecule has 1 saturated heterocycles. The van der Waals surface area contributed by atoms with Crippen molar-refractivity contribution in [2.45, 2.75) is 140 Å². The summed E-state index contributed by atoms with van der Waals surface area (Å²) >= 11 is 0. The molecule has 7 atom stereocenters. The van der Waals surface area contributed by atoms with Gasteiger partial charge in [0, 0.05) is 23.3 Å². The first-order valence-electron chi connectivity index (χ1n) is 22.8. The molecule has 0 bridgehead atoms. The van der Waals surface area contributed by atoms with E-state index in [0.717, 1.165) is 4.90 Å². The van der Waals surface area contributed by atoms with Crippen LogP contribution < -0.4 is 29.6 Å². The highest BCUT2D eigenvalue weighted by molar-refractivity contribution is 7.91. The topological polar surface area (TPSA) is 192 Å². The second kappa shape index (κ2) is 18.7. The fourth-order valence-electron chi connectivity index (χ4n) is 8.78. The minimum atomic E-state index is -4.95. The number of aromatic nitrogens is 1.